The first-order valence-corrected chi connectivity index (χ1v) is 10.0. The summed E-state index contributed by atoms with van der Waals surface area (Å²) in [6.07, 6.45) is 2.87. The Bertz CT molecular complexity index is 896. The van der Waals surface area contributed by atoms with Crippen LogP contribution in [-0.2, 0) is 13.0 Å². The summed E-state index contributed by atoms with van der Waals surface area (Å²) in [5.41, 5.74) is 1.88. The minimum absolute atomic E-state index is 0.0617. The van der Waals surface area contributed by atoms with Gasteiger partial charge in [-0.3, -0.25) is 9.69 Å². The Balaban J connectivity index is 1.53. The molecule has 0 amide bonds. The fraction of sp³-hybridized carbons (Fsp3) is 0.524. The number of ether oxygens (including phenoxy) is 3. The van der Waals surface area contributed by atoms with Gasteiger partial charge in [-0.05, 0) is 38.8 Å². The van der Waals surface area contributed by atoms with Crippen molar-refractivity contribution in [1.29, 1.82) is 0 Å². The van der Waals surface area contributed by atoms with Crippen LogP contribution in [0.3, 0.4) is 0 Å². The lowest BCUT2D eigenvalue weighted by Crippen LogP contribution is -2.35. The van der Waals surface area contributed by atoms with Gasteiger partial charge in [0.05, 0.1) is 6.61 Å². The molecular formula is C21H27N3O4. The van der Waals surface area contributed by atoms with Gasteiger partial charge in [0.2, 0.25) is 6.79 Å². The van der Waals surface area contributed by atoms with Gasteiger partial charge in [0.15, 0.2) is 11.5 Å². The molecule has 7 nitrogen and oxygen atoms in total. The number of aromatic amines is 1. The van der Waals surface area contributed by atoms with E-state index in [1.807, 2.05) is 26.0 Å². The summed E-state index contributed by atoms with van der Waals surface area (Å²) in [6, 6.07) is 5.53. The topological polar surface area (TPSA) is 76.7 Å². The van der Waals surface area contributed by atoms with Crippen molar-refractivity contribution >= 4 is 0 Å². The zero-order valence-electron chi connectivity index (χ0n) is 16.5. The second kappa shape index (κ2) is 8.22. The number of rotatable bonds is 6. The highest BCUT2D eigenvalue weighted by atomic mass is 16.7. The van der Waals surface area contributed by atoms with Crippen molar-refractivity contribution in [2.75, 3.05) is 26.5 Å². The number of piperidine rings is 1. The van der Waals surface area contributed by atoms with Crippen LogP contribution in [0.2, 0.25) is 0 Å². The third-order valence-corrected chi connectivity index (χ3v) is 5.32. The molecule has 7 heteroatoms. The third kappa shape index (κ3) is 3.99. The summed E-state index contributed by atoms with van der Waals surface area (Å²) in [6.45, 7) is 7.49. The van der Waals surface area contributed by atoms with Gasteiger partial charge >= 0.3 is 0 Å². The van der Waals surface area contributed by atoms with E-state index in [0.717, 1.165) is 73.2 Å². The number of fused-ring (bicyclic) bond motifs is 1. The van der Waals surface area contributed by atoms with Crippen LogP contribution in [0.25, 0.3) is 0 Å². The number of hydrogen-bond acceptors (Lipinski definition) is 6. The highest BCUT2D eigenvalue weighted by molar-refractivity contribution is 5.51. The molecule has 1 aromatic carbocycles. The number of nitrogens with zero attached hydrogens (tertiary/aromatic N) is 2. The first kappa shape index (κ1) is 18.8. The van der Waals surface area contributed by atoms with Crippen LogP contribution in [0.5, 0.6) is 17.2 Å². The highest BCUT2D eigenvalue weighted by Gasteiger charge is 2.25. The zero-order chi connectivity index (χ0) is 19.5. The van der Waals surface area contributed by atoms with Crippen LogP contribution in [0.15, 0.2) is 23.0 Å². The quantitative estimate of drug-likeness (QED) is 0.824. The van der Waals surface area contributed by atoms with Crippen molar-refractivity contribution in [3.05, 3.63) is 45.6 Å². The van der Waals surface area contributed by atoms with Gasteiger partial charge in [-0.15, -0.1) is 0 Å². The monoisotopic (exact) mass is 385 g/mol. The average Bonchev–Trinajstić information content (AvgIpc) is 3.15. The van der Waals surface area contributed by atoms with Gasteiger partial charge in [0.25, 0.3) is 5.56 Å². The molecule has 2 aliphatic heterocycles. The average molecular weight is 385 g/mol. The Kier molecular flexibility index (Phi) is 5.52. The van der Waals surface area contributed by atoms with E-state index < -0.39 is 0 Å². The first-order valence-electron chi connectivity index (χ1n) is 10.0. The van der Waals surface area contributed by atoms with Gasteiger partial charge in [0, 0.05) is 42.4 Å². The van der Waals surface area contributed by atoms with Gasteiger partial charge in [-0.25, -0.2) is 4.98 Å². The number of H-pyrrole nitrogens is 1. The molecule has 1 atom stereocenters. The van der Waals surface area contributed by atoms with Crippen LogP contribution in [0.1, 0.15) is 49.7 Å². The van der Waals surface area contributed by atoms with Crippen molar-refractivity contribution < 1.29 is 14.2 Å². The lowest BCUT2D eigenvalue weighted by Gasteiger charge is -2.32. The molecule has 1 N–H and O–H groups in total. The Morgan fingerprint density at radius 2 is 2.07 bits per heavy atom. The number of benzene rings is 1. The van der Waals surface area contributed by atoms with E-state index in [9.17, 15) is 4.79 Å². The van der Waals surface area contributed by atoms with Crippen molar-refractivity contribution in [3.63, 3.8) is 0 Å². The molecule has 0 radical (unpaired) electrons. The molecule has 1 fully saturated rings. The predicted octanol–water partition coefficient (Wildman–Crippen LogP) is 2.84. The molecule has 0 unspecified atom stereocenters. The molecule has 0 spiro atoms. The Morgan fingerprint density at radius 3 is 2.86 bits per heavy atom. The standard InChI is InChI=1S/C21H27N3O4/c1-3-16-9-20(25)23-21(22-16)14-6-5-7-24(11-14)12-15-8-18-19(28-13-27-18)10-17(15)26-4-2/h8-10,14H,3-7,11-13H2,1-2H3,(H,22,23,25)/t14-/m1/s1. The van der Waals surface area contributed by atoms with E-state index in [1.165, 1.54) is 0 Å². The summed E-state index contributed by atoms with van der Waals surface area (Å²) in [5, 5.41) is 0. The minimum Gasteiger partial charge on any atom is -0.493 e. The molecule has 0 bridgehead atoms. The lowest BCUT2D eigenvalue weighted by molar-refractivity contribution is 0.173. The normalized spacial score (nSPS) is 19.0. The summed E-state index contributed by atoms with van der Waals surface area (Å²) in [4.78, 5) is 22.0. The molecule has 0 saturated carbocycles. The molecule has 1 saturated heterocycles. The van der Waals surface area contributed by atoms with Crippen LogP contribution >= 0.6 is 0 Å². The molecular weight excluding hydrogens is 358 g/mol. The Hall–Kier alpha value is -2.54. The molecule has 150 valence electrons. The van der Waals surface area contributed by atoms with Crippen LogP contribution in [0, 0.1) is 0 Å². The molecule has 2 aromatic rings. The summed E-state index contributed by atoms with van der Waals surface area (Å²) < 4.78 is 16.9. The predicted molar refractivity (Wildman–Crippen MR) is 105 cm³/mol. The van der Waals surface area contributed by atoms with Crippen molar-refractivity contribution in [2.45, 2.75) is 45.6 Å². The van der Waals surface area contributed by atoms with E-state index in [-0.39, 0.29) is 18.3 Å². The SMILES string of the molecule is CCOc1cc2c(cc1CN1CCC[C@@H](c3nc(CC)cc(=O)[nH]3)C1)OCO2. The molecule has 28 heavy (non-hydrogen) atoms. The third-order valence-electron chi connectivity index (χ3n) is 5.32. The van der Waals surface area contributed by atoms with E-state index in [2.05, 4.69) is 14.9 Å². The molecule has 4 rings (SSSR count). The number of likely N-dealkylation sites (tertiary alicyclic amines) is 1. The number of aromatic nitrogens is 2. The molecule has 2 aliphatic rings. The van der Waals surface area contributed by atoms with Gasteiger partial charge in [-0.2, -0.15) is 0 Å². The van der Waals surface area contributed by atoms with Gasteiger partial charge in [0.1, 0.15) is 11.6 Å². The summed E-state index contributed by atoms with van der Waals surface area (Å²) in [7, 11) is 0. The van der Waals surface area contributed by atoms with Gasteiger partial charge < -0.3 is 19.2 Å². The van der Waals surface area contributed by atoms with Crippen LogP contribution in [0.4, 0.5) is 0 Å². The summed E-state index contributed by atoms with van der Waals surface area (Å²) in [5.74, 6) is 3.39. The van der Waals surface area contributed by atoms with Crippen molar-refractivity contribution in [3.8, 4) is 17.2 Å². The Morgan fingerprint density at radius 1 is 1.25 bits per heavy atom. The minimum atomic E-state index is -0.0617. The molecule has 0 aliphatic carbocycles. The lowest BCUT2D eigenvalue weighted by atomic mass is 9.96. The second-order valence-corrected chi connectivity index (χ2v) is 7.30. The maximum absolute atomic E-state index is 12.0. The second-order valence-electron chi connectivity index (χ2n) is 7.30. The van der Waals surface area contributed by atoms with E-state index in [4.69, 9.17) is 14.2 Å². The van der Waals surface area contributed by atoms with E-state index >= 15 is 0 Å². The Labute approximate surface area is 164 Å². The number of hydrogen-bond donors (Lipinski definition) is 1. The first-order chi connectivity index (χ1) is 13.7. The number of nitrogens with one attached hydrogen (secondary N) is 1. The smallest absolute Gasteiger partial charge is 0.251 e. The van der Waals surface area contributed by atoms with Gasteiger partial charge in [-0.1, -0.05) is 6.92 Å². The molecule has 3 heterocycles. The largest absolute Gasteiger partial charge is 0.493 e. The summed E-state index contributed by atoms with van der Waals surface area (Å²) >= 11 is 0. The van der Waals surface area contributed by atoms with E-state index in [1.54, 1.807) is 6.07 Å². The van der Waals surface area contributed by atoms with Crippen molar-refractivity contribution in [2.24, 2.45) is 0 Å². The van der Waals surface area contributed by atoms with Crippen molar-refractivity contribution in [1.82, 2.24) is 14.9 Å². The fourth-order valence-corrected chi connectivity index (χ4v) is 3.95. The highest BCUT2D eigenvalue weighted by Crippen LogP contribution is 2.39. The van der Waals surface area contributed by atoms with Crippen LogP contribution < -0.4 is 19.8 Å². The number of aryl methyl sites for hydroxylation is 1. The van der Waals surface area contributed by atoms with Crippen LogP contribution in [-0.4, -0.2) is 41.4 Å². The fourth-order valence-electron chi connectivity index (χ4n) is 3.95. The maximum atomic E-state index is 12.0. The zero-order valence-corrected chi connectivity index (χ0v) is 16.5. The molecule has 1 aromatic heterocycles. The van der Waals surface area contributed by atoms with E-state index in [0.29, 0.717) is 6.61 Å². The maximum Gasteiger partial charge on any atom is 0.251 e.